The van der Waals surface area contributed by atoms with Gasteiger partial charge in [0.1, 0.15) is 11.4 Å². The Morgan fingerprint density at radius 3 is 1.73 bits per heavy atom. The van der Waals surface area contributed by atoms with Gasteiger partial charge in [-0.05, 0) is 6.92 Å². The van der Waals surface area contributed by atoms with Crippen LogP contribution in [0.4, 0.5) is 0 Å². The second-order valence-electron chi connectivity index (χ2n) is 2.82. The summed E-state index contributed by atoms with van der Waals surface area (Å²) >= 11 is 0. The first kappa shape index (κ1) is 10.8. The molecule has 0 bridgehead atoms. The number of carbonyl (C=O) groups is 1. The molecule has 4 nitrogen and oxygen atoms in total. The highest BCUT2D eigenvalue weighted by Gasteiger charge is 2.31. The summed E-state index contributed by atoms with van der Waals surface area (Å²) in [5.74, 6) is -0.712. The molecule has 0 amide bonds. The van der Waals surface area contributed by atoms with E-state index < -0.39 is 19.0 Å². The Labute approximate surface area is 65.8 Å². The van der Waals surface area contributed by atoms with Crippen molar-refractivity contribution in [2.24, 2.45) is 5.92 Å². The molecular weight excluding hydrogens is 167 g/mol. The van der Waals surface area contributed by atoms with Gasteiger partial charge in [-0.15, -0.1) is 0 Å². The highest BCUT2D eigenvalue weighted by Crippen LogP contribution is 2.42. The number of carbonyl (C=O) groups excluding carboxylic acids is 1. The maximum Gasteiger partial charge on any atom is 0.335 e. The molecule has 0 aromatic rings. The maximum absolute atomic E-state index is 11.0. The van der Waals surface area contributed by atoms with Gasteiger partial charge >= 0.3 is 7.60 Å². The molecule has 2 N–H and O–H groups in total. The van der Waals surface area contributed by atoms with Crippen molar-refractivity contribution in [1.82, 2.24) is 0 Å². The molecule has 0 aliphatic heterocycles. The summed E-state index contributed by atoms with van der Waals surface area (Å²) in [5, 5.41) is 0. The summed E-state index contributed by atoms with van der Waals surface area (Å²) in [6, 6.07) is 0. The van der Waals surface area contributed by atoms with Crippen LogP contribution >= 0.6 is 7.60 Å². The molecule has 0 aliphatic carbocycles. The summed E-state index contributed by atoms with van der Waals surface area (Å²) in [6.07, 6.45) is 0. The smallest absolute Gasteiger partial charge is 0.324 e. The molecular formula is C6H13O4P. The molecule has 66 valence electrons. The zero-order chi connectivity index (χ0) is 9.23. The summed E-state index contributed by atoms with van der Waals surface area (Å²) < 4.78 is 10.6. The minimum atomic E-state index is -4.22. The van der Waals surface area contributed by atoms with Crippen LogP contribution in [0.25, 0.3) is 0 Å². The Balaban J connectivity index is 4.39. The van der Waals surface area contributed by atoms with Crippen LogP contribution in [0.2, 0.25) is 0 Å². The zero-order valence-corrected chi connectivity index (χ0v) is 7.71. The van der Waals surface area contributed by atoms with Gasteiger partial charge in [-0.2, -0.15) is 0 Å². The van der Waals surface area contributed by atoms with Gasteiger partial charge in [-0.3, -0.25) is 9.36 Å². The van der Waals surface area contributed by atoms with Crippen molar-refractivity contribution in [2.45, 2.75) is 26.4 Å². The lowest BCUT2D eigenvalue weighted by molar-refractivity contribution is -0.121. The van der Waals surface area contributed by atoms with Gasteiger partial charge in [-0.1, -0.05) is 13.8 Å². The molecule has 0 aromatic heterocycles. The average molecular weight is 180 g/mol. The van der Waals surface area contributed by atoms with Crippen molar-refractivity contribution in [3.05, 3.63) is 0 Å². The van der Waals surface area contributed by atoms with Crippen molar-refractivity contribution in [1.29, 1.82) is 0 Å². The van der Waals surface area contributed by atoms with Gasteiger partial charge in [0.15, 0.2) is 0 Å². The van der Waals surface area contributed by atoms with Crippen LogP contribution < -0.4 is 0 Å². The predicted octanol–water partition coefficient (Wildman–Crippen LogP) is 0.778. The van der Waals surface area contributed by atoms with E-state index in [0.29, 0.717) is 0 Å². The van der Waals surface area contributed by atoms with Crippen molar-refractivity contribution in [3.63, 3.8) is 0 Å². The minimum Gasteiger partial charge on any atom is -0.324 e. The number of hydrogen-bond acceptors (Lipinski definition) is 2. The van der Waals surface area contributed by atoms with Gasteiger partial charge < -0.3 is 9.79 Å². The lowest BCUT2D eigenvalue weighted by atomic mass is 10.1. The van der Waals surface area contributed by atoms with Crippen LogP contribution in [-0.4, -0.2) is 21.2 Å². The van der Waals surface area contributed by atoms with Gasteiger partial charge in [0, 0.05) is 5.92 Å². The van der Waals surface area contributed by atoms with Gasteiger partial charge in [0.2, 0.25) is 0 Å². The topological polar surface area (TPSA) is 74.6 Å². The first-order chi connectivity index (χ1) is 4.76. The number of hydrogen-bond donors (Lipinski definition) is 2. The van der Waals surface area contributed by atoms with E-state index in [1.54, 1.807) is 13.8 Å². The quantitative estimate of drug-likeness (QED) is 0.629. The Hall–Kier alpha value is -0.180. The fourth-order valence-electron chi connectivity index (χ4n) is 0.648. The van der Waals surface area contributed by atoms with Gasteiger partial charge in [0.25, 0.3) is 0 Å². The van der Waals surface area contributed by atoms with E-state index in [0.717, 1.165) is 0 Å². The van der Waals surface area contributed by atoms with Crippen molar-refractivity contribution in [3.8, 4) is 0 Å². The second-order valence-corrected chi connectivity index (χ2v) is 4.77. The van der Waals surface area contributed by atoms with Gasteiger partial charge in [-0.25, -0.2) is 0 Å². The Bertz CT molecular complexity index is 193. The Morgan fingerprint density at radius 1 is 1.27 bits per heavy atom. The molecule has 0 saturated carbocycles. The van der Waals surface area contributed by atoms with Crippen LogP contribution in [-0.2, 0) is 9.36 Å². The summed E-state index contributed by atoms with van der Waals surface area (Å²) in [7, 11) is -4.22. The van der Waals surface area contributed by atoms with Crippen LogP contribution in [0, 0.1) is 5.92 Å². The second kappa shape index (κ2) is 3.48. The number of Topliss-reactive ketones (excluding diaryl/α,β-unsaturated/α-hetero) is 1. The molecule has 0 aromatic carbocycles. The molecule has 0 radical (unpaired) electrons. The van der Waals surface area contributed by atoms with Crippen LogP contribution in [0.3, 0.4) is 0 Å². The third-order valence-electron chi connectivity index (χ3n) is 1.49. The van der Waals surface area contributed by atoms with E-state index >= 15 is 0 Å². The molecule has 0 heterocycles. The van der Waals surface area contributed by atoms with Crippen LogP contribution in [0.15, 0.2) is 0 Å². The number of ketones is 1. The molecule has 1 unspecified atom stereocenters. The molecule has 0 fully saturated rings. The fraction of sp³-hybridized carbons (Fsp3) is 0.833. The Morgan fingerprint density at radius 2 is 1.64 bits per heavy atom. The first-order valence-electron chi connectivity index (χ1n) is 3.35. The molecule has 1 atom stereocenters. The lowest BCUT2D eigenvalue weighted by Gasteiger charge is -2.13. The zero-order valence-electron chi connectivity index (χ0n) is 6.81. The third kappa shape index (κ3) is 3.14. The largest absolute Gasteiger partial charge is 0.335 e. The fourth-order valence-corrected chi connectivity index (χ4v) is 1.28. The van der Waals surface area contributed by atoms with Crippen LogP contribution in [0.1, 0.15) is 20.8 Å². The van der Waals surface area contributed by atoms with E-state index in [1.807, 2.05) is 0 Å². The van der Waals surface area contributed by atoms with Crippen molar-refractivity contribution >= 4 is 13.4 Å². The summed E-state index contributed by atoms with van der Waals surface area (Å²) in [5.41, 5.74) is -1.16. The third-order valence-corrected chi connectivity index (χ3v) is 2.75. The average Bonchev–Trinajstić information content (AvgIpc) is 1.82. The Kier molecular flexibility index (Phi) is 3.42. The van der Waals surface area contributed by atoms with E-state index in [4.69, 9.17) is 9.79 Å². The first-order valence-corrected chi connectivity index (χ1v) is 5.04. The predicted molar refractivity (Wildman–Crippen MR) is 41.4 cm³/mol. The van der Waals surface area contributed by atoms with Crippen molar-refractivity contribution in [2.75, 3.05) is 0 Å². The molecule has 0 aliphatic rings. The van der Waals surface area contributed by atoms with Crippen molar-refractivity contribution < 1.29 is 19.1 Å². The van der Waals surface area contributed by atoms with E-state index in [2.05, 4.69) is 0 Å². The highest BCUT2D eigenvalue weighted by molar-refractivity contribution is 7.53. The van der Waals surface area contributed by atoms with E-state index in [9.17, 15) is 9.36 Å². The number of rotatable bonds is 3. The molecule has 0 spiro atoms. The molecule has 0 saturated heterocycles. The molecule has 5 heteroatoms. The minimum absolute atomic E-state index is 0.322. The van der Waals surface area contributed by atoms with Crippen LogP contribution in [0.5, 0.6) is 0 Å². The SMILES string of the molecule is CC(C)C(=O)C(C)P(=O)(O)O. The lowest BCUT2D eigenvalue weighted by Crippen LogP contribution is -2.22. The maximum atomic E-state index is 11.0. The molecule has 11 heavy (non-hydrogen) atoms. The normalized spacial score (nSPS) is 15.1. The van der Waals surface area contributed by atoms with E-state index in [-0.39, 0.29) is 5.92 Å². The standard InChI is InChI=1S/C6H13O4P/c1-4(2)6(7)5(3)11(8,9)10/h4-5H,1-3H3,(H2,8,9,10). The highest BCUT2D eigenvalue weighted by atomic mass is 31.2. The monoisotopic (exact) mass is 180 g/mol. The molecule has 0 rings (SSSR count). The van der Waals surface area contributed by atoms with E-state index in [1.165, 1.54) is 6.92 Å². The summed E-state index contributed by atoms with van der Waals surface area (Å²) in [6.45, 7) is 4.49. The van der Waals surface area contributed by atoms with Gasteiger partial charge in [0.05, 0.1) is 0 Å². The summed E-state index contributed by atoms with van der Waals surface area (Å²) in [4.78, 5) is 28.2.